The summed E-state index contributed by atoms with van der Waals surface area (Å²) < 4.78 is 0. The zero-order valence-electron chi connectivity index (χ0n) is 17.2. The maximum Gasteiger partial charge on any atom is 0.242 e. The molecule has 0 aromatic heterocycles. The second-order valence-corrected chi connectivity index (χ2v) is 8.14. The molecule has 160 valence electrons. The Hall–Kier alpha value is -2.82. The van der Waals surface area contributed by atoms with Crippen molar-refractivity contribution in [3.8, 4) is 0 Å². The third-order valence-corrected chi connectivity index (χ3v) is 5.66. The van der Waals surface area contributed by atoms with E-state index in [2.05, 4.69) is 5.32 Å². The van der Waals surface area contributed by atoms with E-state index >= 15 is 0 Å². The highest BCUT2D eigenvalue weighted by molar-refractivity contribution is 6.31. The van der Waals surface area contributed by atoms with Crippen LogP contribution < -0.4 is 5.32 Å². The molecule has 0 spiro atoms. The van der Waals surface area contributed by atoms with Gasteiger partial charge in [-0.05, 0) is 41.8 Å². The van der Waals surface area contributed by atoms with Gasteiger partial charge in [0.25, 0.3) is 0 Å². The number of amides is 2. The van der Waals surface area contributed by atoms with E-state index in [0.717, 1.165) is 16.7 Å². The number of benzene rings is 3. The fourth-order valence-corrected chi connectivity index (χ4v) is 3.54. The minimum atomic E-state index is -0.658. The van der Waals surface area contributed by atoms with Gasteiger partial charge in [0.1, 0.15) is 6.04 Å². The lowest BCUT2D eigenvalue weighted by Gasteiger charge is -2.29. The van der Waals surface area contributed by atoms with E-state index in [0.29, 0.717) is 23.1 Å². The molecule has 1 N–H and O–H groups in total. The van der Waals surface area contributed by atoms with Crippen LogP contribution in [0.4, 0.5) is 0 Å². The van der Waals surface area contributed by atoms with E-state index in [9.17, 15) is 9.59 Å². The topological polar surface area (TPSA) is 49.4 Å². The van der Waals surface area contributed by atoms with Crippen LogP contribution in [-0.2, 0) is 29.1 Å². The van der Waals surface area contributed by atoms with Crippen molar-refractivity contribution in [2.24, 2.45) is 0 Å². The van der Waals surface area contributed by atoms with Crippen molar-refractivity contribution in [2.45, 2.75) is 32.5 Å². The minimum Gasteiger partial charge on any atom is -0.350 e. The molecule has 3 aromatic carbocycles. The predicted octanol–water partition coefficient (Wildman–Crippen LogP) is 5.27. The van der Waals surface area contributed by atoms with E-state index < -0.39 is 6.04 Å². The highest BCUT2D eigenvalue weighted by Gasteiger charge is 2.26. The molecule has 0 aliphatic carbocycles. The first-order valence-corrected chi connectivity index (χ1v) is 10.8. The molecule has 2 amide bonds. The van der Waals surface area contributed by atoms with Crippen molar-refractivity contribution in [1.82, 2.24) is 10.2 Å². The van der Waals surface area contributed by atoms with Crippen molar-refractivity contribution in [1.29, 1.82) is 0 Å². The fourth-order valence-electron chi connectivity index (χ4n) is 3.21. The van der Waals surface area contributed by atoms with Crippen LogP contribution in [0.3, 0.4) is 0 Å². The second kappa shape index (κ2) is 11.0. The van der Waals surface area contributed by atoms with Gasteiger partial charge < -0.3 is 10.2 Å². The Bertz CT molecular complexity index is 1020. The number of carbonyl (C=O) groups is 2. The summed E-state index contributed by atoms with van der Waals surface area (Å²) in [5, 5.41) is 4.11. The van der Waals surface area contributed by atoms with Gasteiger partial charge in [0, 0.05) is 23.1 Å². The highest BCUT2D eigenvalue weighted by atomic mass is 35.5. The molecule has 4 nitrogen and oxygen atoms in total. The summed E-state index contributed by atoms with van der Waals surface area (Å²) >= 11 is 12.2. The van der Waals surface area contributed by atoms with Crippen molar-refractivity contribution in [2.75, 3.05) is 0 Å². The quantitative estimate of drug-likeness (QED) is 0.503. The molecule has 0 bridgehead atoms. The lowest BCUT2D eigenvalue weighted by molar-refractivity contribution is -0.140. The van der Waals surface area contributed by atoms with Gasteiger partial charge in [-0.15, -0.1) is 0 Å². The molecule has 0 saturated carbocycles. The van der Waals surface area contributed by atoms with Crippen molar-refractivity contribution in [3.63, 3.8) is 0 Å². The van der Waals surface area contributed by atoms with Gasteiger partial charge in [0.15, 0.2) is 0 Å². The van der Waals surface area contributed by atoms with Crippen LogP contribution in [-0.4, -0.2) is 22.8 Å². The van der Waals surface area contributed by atoms with E-state index in [1.165, 1.54) is 0 Å². The van der Waals surface area contributed by atoms with Gasteiger partial charge in [0.2, 0.25) is 11.8 Å². The van der Waals surface area contributed by atoms with Gasteiger partial charge in [-0.25, -0.2) is 0 Å². The van der Waals surface area contributed by atoms with Gasteiger partial charge in [-0.3, -0.25) is 9.59 Å². The highest BCUT2D eigenvalue weighted by Crippen LogP contribution is 2.17. The third-order valence-electron chi connectivity index (χ3n) is 5.04. The number of rotatable bonds is 8. The number of hydrogen-bond acceptors (Lipinski definition) is 2. The zero-order valence-corrected chi connectivity index (χ0v) is 18.7. The van der Waals surface area contributed by atoms with Crippen molar-refractivity contribution < 1.29 is 9.59 Å². The van der Waals surface area contributed by atoms with Crippen molar-refractivity contribution in [3.05, 3.63) is 106 Å². The molecule has 0 radical (unpaired) electrons. The molecule has 3 rings (SSSR count). The van der Waals surface area contributed by atoms with Crippen LogP contribution >= 0.6 is 23.2 Å². The van der Waals surface area contributed by atoms with E-state index in [-0.39, 0.29) is 18.2 Å². The monoisotopic (exact) mass is 454 g/mol. The second-order valence-electron chi connectivity index (χ2n) is 7.30. The molecule has 0 fully saturated rings. The molecule has 0 aliphatic heterocycles. The fraction of sp³-hybridized carbons (Fsp3) is 0.200. The van der Waals surface area contributed by atoms with E-state index in [1.807, 2.05) is 60.7 Å². The van der Waals surface area contributed by atoms with E-state index in [1.54, 1.807) is 30.0 Å². The van der Waals surface area contributed by atoms with Crippen LogP contribution in [0.15, 0.2) is 78.9 Å². The van der Waals surface area contributed by atoms with Gasteiger partial charge in [0.05, 0.1) is 6.42 Å². The van der Waals surface area contributed by atoms with Gasteiger partial charge in [-0.2, -0.15) is 0 Å². The predicted molar refractivity (Wildman–Crippen MR) is 125 cm³/mol. The van der Waals surface area contributed by atoms with E-state index in [4.69, 9.17) is 23.2 Å². The van der Waals surface area contributed by atoms with Crippen LogP contribution in [0.2, 0.25) is 10.0 Å². The molecule has 3 aromatic rings. The number of nitrogens with one attached hydrogen (secondary N) is 1. The Morgan fingerprint density at radius 3 is 2.19 bits per heavy atom. The van der Waals surface area contributed by atoms with Crippen molar-refractivity contribution >= 4 is 35.0 Å². The lowest BCUT2D eigenvalue weighted by atomic mass is 10.1. The zero-order chi connectivity index (χ0) is 22.2. The molecule has 6 heteroatoms. The maximum atomic E-state index is 13.2. The minimum absolute atomic E-state index is 0.124. The Morgan fingerprint density at radius 1 is 0.871 bits per heavy atom. The first kappa shape index (κ1) is 22.9. The normalized spacial score (nSPS) is 11.6. The lowest BCUT2D eigenvalue weighted by Crippen LogP contribution is -2.48. The molecule has 31 heavy (non-hydrogen) atoms. The standard InChI is InChI=1S/C25H24Cl2N2O2/c1-18(25(31)28-16-21-9-5-6-10-23(21)27)29(17-20-11-13-22(26)14-12-20)24(30)15-19-7-3-2-4-8-19/h2-14,18H,15-17H2,1H3,(H,28,31)/t18-/m0/s1. The Morgan fingerprint density at radius 2 is 1.52 bits per heavy atom. The Kier molecular flexibility index (Phi) is 8.10. The number of halogens is 2. The van der Waals surface area contributed by atoms with Crippen LogP contribution in [0.5, 0.6) is 0 Å². The summed E-state index contributed by atoms with van der Waals surface area (Å²) in [6.45, 7) is 2.34. The Labute approximate surface area is 192 Å². The van der Waals surface area contributed by atoms with Crippen LogP contribution in [0, 0.1) is 0 Å². The Balaban J connectivity index is 1.74. The summed E-state index contributed by atoms with van der Waals surface area (Å²) in [4.78, 5) is 27.7. The maximum absolute atomic E-state index is 13.2. The molecule has 0 saturated heterocycles. The molecular formula is C25H24Cl2N2O2. The first-order valence-electron chi connectivity index (χ1n) is 10.0. The third kappa shape index (κ3) is 6.58. The summed E-state index contributed by atoms with van der Waals surface area (Å²) in [5.41, 5.74) is 2.62. The van der Waals surface area contributed by atoms with Crippen LogP contribution in [0.1, 0.15) is 23.6 Å². The summed E-state index contributed by atoms with van der Waals surface area (Å²) in [7, 11) is 0. The summed E-state index contributed by atoms with van der Waals surface area (Å²) in [6, 6.07) is 23.5. The average molecular weight is 455 g/mol. The number of hydrogen-bond donors (Lipinski definition) is 1. The smallest absolute Gasteiger partial charge is 0.242 e. The average Bonchev–Trinajstić information content (AvgIpc) is 2.78. The summed E-state index contributed by atoms with van der Waals surface area (Å²) in [5.74, 6) is -0.364. The van der Waals surface area contributed by atoms with Gasteiger partial charge >= 0.3 is 0 Å². The largest absolute Gasteiger partial charge is 0.350 e. The number of nitrogens with zero attached hydrogens (tertiary/aromatic N) is 1. The summed E-state index contributed by atoms with van der Waals surface area (Å²) in [6.07, 6.45) is 0.219. The van der Waals surface area contributed by atoms with Gasteiger partial charge in [-0.1, -0.05) is 83.9 Å². The number of carbonyl (C=O) groups excluding carboxylic acids is 2. The molecule has 0 heterocycles. The molecule has 0 aliphatic rings. The SMILES string of the molecule is C[C@@H](C(=O)NCc1ccccc1Cl)N(Cc1ccc(Cl)cc1)C(=O)Cc1ccccc1. The van der Waals surface area contributed by atoms with Crippen LogP contribution in [0.25, 0.3) is 0 Å². The first-order chi connectivity index (χ1) is 14.9. The molecular weight excluding hydrogens is 431 g/mol. The molecule has 0 unspecified atom stereocenters. The molecule has 1 atom stereocenters.